The predicted octanol–water partition coefficient (Wildman–Crippen LogP) is 4.87. The molecule has 116 valence electrons. The van der Waals surface area contributed by atoms with Crippen molar-refractivity contribution < 1.29 is 4.79 Å². The summed E-state index contributed by atoms with van der Waals surface area (Å²) in [6, 6.07) is 13.9. The first-order valence-electron chi connectivity index (χ1n) is 7.56. The Bertz CT molecular complexity index is 632. The molecule has 0 aliphatic carbocycles. The van der Waals surface area contributed by atoms with Crippen LogP contribution in [0.4, 0.5) is 10.5 Å². The number of halogens is 1. The smallest absolute Gasteiger partial charge is 0.321 e. The fourth-order valence-electron chi connectivity index (χ4n) is 2.45. The fraction of sp³-hybridized carbons (Fsp3) is 0.278. The molecule has 1 heterocycles. The molecule has 3 nitrogen and oxygen atoms in total. The highest BCUT2D eigenvalue weighted by molar-refractivity contribution is 6.31. The van der Waals surface area contributed by atoms with Crippen LogP contribution in [0.1, 0.15) is 19.4 Å². The van der Waals surface area contributed by atoms with E-state index < -0.39 is 0 Å². The number of carbonyl (C=O) groups excluding carboxylic acids is 1. The lowest BCUT2D eigenvalue weighted by Gasteiger charge is -2.14. The lowest BCUT2D eigenvalue weighted by atomic mass is 10.0. The molecule has 4 heteroatoms. The number of hydrogen-bond donors (Lipinski definition) is 1. The van der Waals surface area contributed by atoms with E-state index in [1.807, 2.05) is 57.2 Å². The molecule has 1 aliphatic rings. The zero-order chi connectivity index (χ0) is 16.1. The summed E-state index contributed by atoms with van der Waals surface area (Å²) in [5, 5.41) is 3.54. The van der Waals surface area contributed by atoms with Crippen molar-refractivity contribution in [1.82, 2.24) is 5.32 Å². The second-order valence-electron chi connectivity index (χ2n) is 4.95. The molecule has 0 unspecified atom stereocenters. The minimum atomic E-state index is -0.0312. The molecule has 1 saturated heterocycles. The second-order valence-corrected chi connectivity index (χ2v) is 5.38. The van der Waals surface area contributed by atoms with E-state index in [1.54, 1.807) is 4.90 Å². The normalized spacial score (nSPS) is 13.5. The number of urea groups is 1. The molecule has 1 fully saturated rings. The number of nitrogens with one attached hydrogen (secondary N) is 1. The summed E-state index contributed by atoms with van der Waals surface area (Å²) in [5.74, 6) is 0. The maximum Gasteiger partial charge on any atom is 0.321 e. The molecule has 3 rings (SSSR count). The van der Waals surface area contributed by atoms with Gasteiger partial charge in [-0.25, -0.2) is 4.79 Å². The molecule has 2 amide bonds. The van der Waals surface area contributed by atoms with Crippen molar-refractivity contribution in [3.8, 4) is 11.1 Å². The molecule has 0 saturated carbocycles. The third kappa shape index (κ3) is 3.60. The monoisotopic (exact) mass is 316 g/mol. The Morgan fingerprint density at radius 2 is 1.73 bits per heavy atom. The van der Waals surface area contributed by atoms with Gasteiger partial charge in [-0.05, 0) is 47.9 Å². The van der Waals surface area contributed by atoms with Crippen molar-refractivity contribution in [3.05, 3.63) is 53.1 Å². The predicted molar refractivity (Wildman–Crippen MR) is 93.7 cm³/mol. The number of benzene rings is 2. The zero-order valence-corrected chi connectivity index (χ0v) is 13.9. The Kier molecular flexibility index (Phi) is 5.45. The van der Waals surface area contributed by atoms with Gasteiger partial charge < -0.3 is 5.32 Å². The van der Waals surface area contributed by atoms with Crippen LogP contribution in [0.25, 0.3) is 11.1 Å². The molecule has 22 heavy (non-hydrogen) atoms. The van der Waals surface area contributed by atoms with Crippen LogP contribution in [0.5, 0.6) is 0 Å². The molecular weight excluding hydrogens is 296 g/mol. The summed E-state index contributed by atoms with van der Waals surface area (Å²) < 4.78 is 0. The summed E-state index contributed by atoms with van der Waals surface area (Å²) in [4.78, 5) is 13.4. The van der Waals surface area contributed by atoms with Crippen molar-refractivity contribution in [2.75, 3.05) is 18.0 Å². The van der Waals surface area contributed by atoms with Gasteiger partial charge >= 0.3 is 6.03 Å². The van der Waals surface area contributed by atoms with Crippen molar-refractivity contribution in [1.29, 1.82) is 0 Å². The summed E-state index contributed by atoms with van der Waals surface area (Å²) in [6.07, 6.45) is 0. The van der Waals surface area contributed by atoms with Crippen LogP contribution in [-0.2, 0) is 0 Å². The highest BCUT2D eigenvalue weighted by Gasteiger charge is 2.20. The van der Waals surface area contributed by atoms with Gasteiger partial charge in [0, 0.05) is 23.8 Å². The van der Waals surface area contributed by atoms with E-state index in [-0.39, 0.29) is 6.03 Å². The molecule has 0 atom stereocenters. The van der Waals surface area contributed by atoms with Crippen LogP contribution in [0.3, 0.4) is 0 Å². The molecule has 1 N–H and O–H groups in total. The van der Waals surface area contributed by atoms with Crippen molar-refractivity contribution in [2.24, 2.45) is 0 Å². The number of rotatable bonds is 2. The largest absolute Gasteiger partial charge is 0.336 e. The summed E-state index contributed by atoms with van der Waals surface area (Å²) in [5.41, 5.74) is 4.24. The van der Waals surface area contributed by atoms with Gasteiger partial charge in [-0.15, -0.1) is 0 Å². The van der Waals surface area contributed by atoms with Gasteiger partial charge in [0.1, 0.15) is 0 Å². The van der Waals surface area contributed by atoms with E-state index in [1.165, 1.54) is 0 Å². The Balaban J connectivity index is 0.000000847. The Morgan fingerprint density at radius 1 is 1.05 bits per heavy atom. The van der Waals surface area contributed by atoms with E-state index in [9.17, 15) is 4.79 Å². The number of amides is 2. The number of hydrogen-bond acceptors (Lipinski definition) is 1. The van der Waals surface area contributed by atoms with Crippen molar-refractivity contribution in [3.63, 3.8) is 0 Å². The quantitative estimate of drug-likeness (QED) is 0.842. The molecule has 0 spiro atoms. The lowest BCUT2D eigenvalue weighted by Crippen LogP contribution is -2.27. The molecule has 1 aliphatic heterocycles. The Morgan fingerprint density at radius 3 is 2.27 bits per heavy atom. The van der Waals surface area contributed by atoms with E-state index in [2.05, 4.69) is 11.4 Å². The van der Waals surface area contributed by atoms with Gasteiger partial charge in [0.2, 0.25) is 0 Å². The van der Waals surface area contributed by atoms with E-state index in [4.69, 9.17) is 11.6 Å². The van der Waals surface area contributed by atoms with Crippen LogP contribution < -0.4 is 10.2 Å². The summed E-state index contributed by atoms with van der Waals surface area (Å²) >= 11 is 6.09. The van der Waals surface area contributed by atoms with Crippen LogP contribution in [-0.4, -0.2) is 19.1 Å². The van der Waals surface area contributed by atoms with Crippen molar-refractivity contribution >= 4 is 23.3 Å². The first kappa shape index (κ1) is 16.4. The standard InChI is InChI=1S/C16H15ClN2O.C2H6/c1-11-8-13(10-14(17)9-11)12-2-4-15(5-3-12)19-7-6-18-16(19)20;1-2/h2-5,8-10H,6-7H2,1H3,(H,18,20);1-2H3. The Hall–Kier alpha value is -2.00. The molecular formula is C18H21ClN2O. The summed E-state index contributed by atoms with van der Waals surface area (Å²) in [7, 11) is 0. The van der Waals surface area contributed by atoms with Crippen molar-refractivity contribution in [2.45, 2.75) is 20.8 Å². The average Bonchev–Trinajstić information content (AvgIpc) is 2.95. The third-order valence-electron chi connectivity index (χ3n) is 3.41. The SMILES string of the molecule is CC.Cc1cc(Cl)cc(-c2ccc(N3CCNC3=O)cc2)c1. The van der Waals surface area contributed by atoms with Gasteiger partial charge in [-0.3, -0.25) is 4.90 Å². The first-order chi connectivity index (χ1) is 10.6. The van der Waals surface area contributed by atoms with Gasteiger partial charge in [-0.2, -0.15) is 0 Å². The first-order valence-corrected chi connectivity index (χ1v) is 7.94. The maximum absolute atomic E-state index is 11.6. The number of nitrogens with zero attached hydrogens (tertiary/aromatic N) is 1. The van der Waals surface area contributed by atoms with Crippen LogP contribution in [0.15, 0.2) is 42.5 Å². The molecule has 2 aromatic rings. The van der Waals surface area contributed by atoms with Crippen LogP contribution in [0, 0.1) is 6.92 Å². The zero-order valence-electron chi connectivity index (χ0n) is 13.2. The van der Waals surface area contributed by atoms with Crippen LogP contribution >= 0.6 is 11.6 Å². The molecule has 0 radical (unpaired) electrons. The molecule has 0 aromatic heterocycles. The highest BCUT2D eigenvalue weighted by Crippen LogP contribution is 2.27. The molecule has 0 bridgehead atoms. The van der Waals surface area contributed by atoms with Gasteiger partial charge in [0.05, 0.1) is 0 Å². The van der Waals surface area contributed by atoms with Gasteiger partial charge in [-0.1, -0.05) is 43.6 Å². The number of carbonyl (C=O) groups is 1. The summed E-state index contributed by atoms with van der Waals surface area (Å²) in [6.45, 7) is 7.45. The Labute approximate surface area is 136 Å². The third-order valence-corrected chi connectivity index (χ3v) is 3.63. The van der Waals surface area contributed by atoms with E-state index >= 15 is 0 Å². The number of aryl methyl sites for hydroxylation is 1. The topological polar surface area (TPSA) is 32.3 Å². The van der Waals surface area contributed by atoms with Gasteiger partial charge in [0.15, 0.2) is 0 Å². The second kappa shape index (κ2) is 7.32. The highest BCUT2D eigenvalue weighted by atomic mass is 35.5. The van der Waals surface area contributed by atoms with E-state index in [0.717, 1.165) is 27.4 Å². The fourth-order valence-corrected chi connectivity index (χ4v) is 2.74. The number of anilines is 1. The van der Waals surface area contributed by atoms with E-state index in [0.29, 0.717) is 13.1 Å². The maximum atomic E-state index is 11.6. The average molecular weight is 317 g/mol. The minimum Gasteiger partial charge on any atom is -0.336 e. The minimum absolute atomic E-state index is 0.0312. The van der Waals surface area contributed by atoms with Crippen LogP contribution in [0.2, 0.25) is 5.02 Å². The molecule has 2 aromatic carbocycles. The van der Waals surface area contributed by atoms with Gasteiger partial charge in [0.25, 0.3) is 0 Å². The lowest BCUT2D eigenvalue weighted by molar-refractivity contribution is 0.252.